The molecule has 7 rings (SSSR count). The van der Waals surface area contributed by atoms with Crippen molar-refractivity contribution in [2.24, 2.45) is 5.92 Å². The van der Waals surface area contributed by atoms with Crippen molar-refractivity contribution in [2.45, 2.75) is 114 Å². The van der Waals surface area contributed by atoms with Gasteiger partial charge in [-0.15, -0.1) is 0 Å². The number of pyridine rings is 1. The lowest BCUT2D eigenvalue weighted by molar-refractivity contribution is -0.155. The monoisotopic (exact) mass is 1310 g/mol. The van der Waals surface area contributed by atoms with Gasteiger partial charge in [0.05, 0.1) is 40.9 Å². The number of esters is 1. The summed E-state index contributed by atoms with van der Waals surface area (Å²) in [5.41, 5.74) is -7.93. The fourth-order valence-corrected chi connectivity index (χ4v) is 10.3. The predicted octanol–water partition coefficient (Wildman–Crippen LogP) is 7.99. The van der Waals surface area contributed by atoms with Crippen LogP contribution in [-0.4, -0.2) is 127 Å². The van der Waals surface area contributed by atoms with Crippen LogP contribution in [-0.2, 0) is 92.2 Å². The number of hydrogen-bond donors (Lipinski definition) is 4. The topological polar surface area (TPSA) is 292 Å². The van der Waals surface area contributed by atoms with Crippen molar-refractivity contribution in [3.8, 4) is 23.0 Å². The number of ether oxygens (including phenoxy) is 2. The van der Waals surface area contributed by atoms with Crippen molar-refractivity contribution in [2.75, 3.05) is 26.1 Å². The number of carbonyl (C=O) groups excluding carboxylic acids is 4. The molecule has 0 aliphatic heterocycles. The number of hydrogen-bond acceptors (Lipinski definition) is 14. The quantitative estimate of drug-likeness (QED) is 0.0143. The lowest BCUT2D eigenvalue weighted by Crippen LogP contribution is -2.44. The highest BCUT2D eigenvalue weighted by Crippen LogP contribution is 2.68. The van der Waals surface area contributed by atoms with Crippen LogP contribution in [0.15, 0.2) is 42.5 Å². The number of sulfone groups is 1. The number of fused-ring (bicyclic) bond motifs is 4. The zero-order valence-corrected chi connectivity index (χ0v) is 48.8. The SMILES string of the molecule is CC(C)(C)OC(=O)CCN(CC(=O)N(Cc1nn(CC(F)(F)F)c2c(-c3ccc(C#CC(C)(C)S(C)(=O)=O)nc3[C@H](Cc3cc(F)cc(F)c3)NC(=O)Cn3nc(C(F)(F)F)c4c3C(F)(F)[C@@H]3C[C@H]43)ccc(Cl)c12)S(=O)O)C(=O)OCOP(=O)(O)O. The van der Waals surface area contributed by atoms with Crippen molar-refractivity contribution >= 4 is 75.3 Å². The second kappa shape index (κ2) is 24.4. The summed E-state index contributed by atoms with van der Waals surface area (Å²) in [4.78, 5) is 77.1. The molecule has 4 atom stereocenters. The molecule has 1 unspecified atom stereocenters. The molecule has 3 heterocycles. The molecule has 5 aromatic rings. The Bertz CT molecular complexity index is 3770. The number of rotatable bonds is 20. The van der Waals surface area contributed by atoms with E-state index in [4.69, 9.17) is 26.1 Å². The van der Waals surface area contributed by atoms with Gasteiger partial charge in [-0.05, 0) is 95.2 Å². The van der Waals surface area contributed by atoms with E-state index in [1.165, 1.54) is 34.6 Å². The number of aromatic nitrogens is 5. The van der Waals surface area contributed by atoms with Crippen LogP contribution in [0.3, 0.4) is 0 Å². The second-order valence-electron chi connectivity index (χ2n) is 21.2. The Balaban J connectivity index is 1.38. The normalized spacial score (nSPS) is 16.6. The number of phosphoric ester groups is 1. The van der Waals surface area contributed by atoms with Crippen LogP contribution in [0.5, 0.6) is 0 Å². The van der Waals surface area contributed by atoms with E-state index in [0.29, 0.717) is 11.0 Å². The molecular weight excluding hydrogens is 1260 g/mol. The Hall–Kier alpha value is -6.73. The maximum absolute atomic E-state index is 15.7. The summed E-state index contributed by atoms with van der Waals surface area (Å²) in [6.45, 7) is -1.22. The van der Waals surface area contributed by atoms with Crippen molar-refractivity contribution < 1.29 is 109 Å². The van der Waals surface area contributed by atoms with Gasteiger partial charge in [-0.3, -0.25) is 33.2 Å². The summed E-state index contributed by atoms with van der Waals surface area (Å²) in [7, 11) is -9.22. The van der Waals surface area contributed by atoms with E-state index < -0.39 is 208 Å². The number of phosphoric acid groups is 1. The molecule has 2 aromatic carbocycles. The highest BCUT2D eigenvalue weighted by Gasteiger charge is 2.68. The van der Waals surface area contributed by atoms with Gasteiger partial charge in [-0.25, -0.2) is 44.6 Å². The van der Waals surface area contributed by atoms with Crippen LogP contribution < -0.4 is 5.32 Å². The summed E-state index contributed by atoms with van der Waals surface area (Å²) in [5.74, 6) is -7.82. The minimum Gasteiger partial charge on any atom is -0.460 e. The van der Waals surface area contributed by atoms with E-state index >= 15 is 8.78 Å². The van der Waals surface area contributed by atoms with Crippen LogP contribution in [0.25, 0.3) is 22.0 Å². The lowest BCUT2D eigenvalue weighted by atomic mass is 9.93. The molecular formula is C50H50ClF10N8O14PS2. The van der Waals surface area contributed by atoms with Gasteiger partial charge in [0, 0.05) is 46.9 Å². The number of carbonyl (C=O) groups is 4. The minimum atomic E-state index is -5.27. The molecule has 3 amide bonds. The van der Waals surface area contributed by atoms with Crippen molar-refractivity contribution in [1.29, 1.82) is 0 Å². The van der Waals surface area contributed by atoms with Gasteiger partial charge in [0.2, 0.25) is 12.7 Å². The van der Waals surface area contributed by atoms with E-state index in [1.807, 2.05) is 0 Å². The molecule has 1 fully saturated rings. The molecule has 0 saturated heterocycles. The molecule has 0 bridgehead atoms. The van der Waals surface area contributed by atoms with Crippen LogP contribution >= 0.6 is 19.4 Å². The molecule has 2 aliphatic rings. The van der Waals surface area contributed by atoms with Gasteiger partial charge in [0.15, 0.2) is 15.5 Å². The largest absolute Gasteiger partial charge is 0.472 e. The Kier molecular flexibility index (Phi) is 19.0. The Morgan fingerprint density at radius 3 is 2.20 bits per heavy atom. The van der Waals surface area contributed by atoms with E-state index in [1.54, 1.807) is 0 Å². The average Bonchev–Trinajstić information content (AvgIpc) is 1.53. The lowest BCUT2D eigenvalue weighted by Gasteiger charge is -2.25. The van der Waals surface area contributed by atoms with Gasteiger partial charge in [-0.1, -0.05) is 23.6 Å². The zero-order valence-electron chi connectivity index (χ0n) is 45.5. The summed E-state index contributed by atoms with van der Waals surface area (Å²) < 4.78 is 221. The molecule has 4 N–H and O–H groups in total. The first kappa shape index (κ1) is 66.8. The Morgan fingerprint density at radius 1 is 0.977 bits per heavy atom. The Labute approximate surface area is 489 Å². The molecule has 468 valence electrons. The van der Waals surface area contributed by atoms with Crippen molar-refractivity contribution in [3.63, 3.8) is 0 Å². The third-order valence-electron chi connectivity index (χ3n) is 13.2. The molecule has 22 nitrogen and oxygen atoms in total. The summed E-state index contributed by atoms with van der Waals surface area (Å²) in [6, 6.07) is 4.52. The van der Waals surface area contributed by atoms with Crippen molar-refractivity contribution in [1.82, 2.24) is 39.1 Å². The molecule has 0 radical (unpaired) electrons. The zero-order chi connectivity index (χ0) is 64.2. The standard InChI is InChI=1S/C50H50ClF10N8O14PS2/c1-46(2,3)83-38(72)12-14-66(45(73)81-24-82-84(74,75)76)22-37(71)69(85(77)78)20-35-40-33(51)10-9-30(42(40)68(64-35)23-48(54,55)56)29-8-7-28(11-13-47(4,5)86(6,79)80)62-41(29)34(17-25-15-26(52)18-27(53)16-25)63-36(70)21-67-44-39(43(65-67)50(59,60)61)31-19-32(31)49(44,57)58/h7-10,15-16,18,31-32,34H,12,14,17,19-24H2,1-6H3,(H,63,70)(H,77,78)(H2,74,75,76)/t31-,32+,34-/m0/s1. The average molecular weight is 1310 g/mol. The summed E-state index contributed by atoms with van der Waals surface area (Å²) >= 11 is 3.23. The predicted molar refractivity (Wildman–Crippen MR) is 281 cm³/mol. The van der Waals surface area contributed by atoms with E-state index in [-0.39, 0.29) is 42.5 Å². The van der Waals surface area contributed by atoms with Gasteiger partial charge < -0.3 is 24.6 Å². The number of amides is 3. The van der Waals surface area contributed by atoms with Crippen LogP contribution in [0.2, 0.25) is 5.02 Å². The van der Waals surface area contributed by atoms with E-state index in [2.05, 4.69) is 41.6 Å². The molecule has 1 saturated carbocycles. The van der Waals surface area contributed by atoms with Gasteiger partial charge in [0.25, 0.3) is 23.1 Å². The fraction of sp³-hybridized carbons (Fsp3) is 0.460. The first-order chi connectivity index (χ1) is 39.4. The number of nitrogens with zero attached hydrogens (tertiary/aromatic N) is 7. The molecule has 86 heavy (non-hydrogen) atoms. The smallest absolute Gasteiger partial charge is 0.460 e. The van der Waals surface area contributed by atoms with Crippen LogP contribution in [0.1, 0.15) is 99.0 Å². The molecule has 3 aromatic heterocycles. The molecule has 0 spiro atoms. The maximum atomic E-state index is 15.7. The third kappa shape index (κ3) is 15.9. The van der Waals surface area contributed by atoms with Gasteiger partial charge >= 0.3 is 32.2 Å². The van der Waals surface area contributed by atoms with E-state index in [0.717, 1.165) is 42.7 Å². The van der Waals surface area contributed by atoms with E-state index in [9.17, 15) is 76.0 Å². The molecule has 2 aliphatic carbocycles. The maximum Gasteiger partial charge on any atom is 0.472 e. The van der Waals surface area contributed by atoms with Crippen LogP contribution in [0.4, 0.5) is 48.7 Å². The number of halogens is 11. The van der Waals surface area contributed by atoms with Gasteiger partial charge in [-0.2, -0.15) is 45.3 Å². The van der Waals surface area contributed by atoms with Crippen LogP contribution in [0, 0.1) is 29.4 Å². The number of nitrogens with one attached hydrogen (secondary N) is 1. The Morgan fingerprint density at radius 2 is 1.62 bits per heavy atom. The number of alkyl halides is 8. The molecule has 36 heteroatoms. The van der Waals surface area contributed by atoms with Crippen molar-refractivity contribution in [3.05, 3.63) is 98.7 Å². The van der Waals surface area contributed by atoms with Gasteiger partial charge in [0.1, 0.15) is 53.0 Å². The summed E-state index contributed by atoms with van der Waals surface area (Å²) in [5, 5.41) is 8.84. The minimum absolute atomic E-state index is 0.0658. The second-order valence-corrected chi connectivity index (χ2v) is 26.3. The highest BCUT2D eigenvalue weighted by atomic mass is 35.5. The first-order valence-electron chi connectivity index (χ1n) is 25.0. The first-order valence-corrected chi connectivity index (χ1v) is 29.8. The summed E-state index contributed by atoms with van der Waals surface area (Å²) in [6.07, 6.45) is -13.0. The fourth-order valence-electron chi connectivity index (χ4n) is 9.16. The third-order valence-corrected chi connectivity index (χ3v) is 16.6. The highest BCUT2D eigenvalue weighted by molar-refractivity contribution is 7.92. The number of benzene rings is 2.